The molecule has 0 fully saturated rings. The fourth-order valence-electron chi connectivity index (χ4n) is 1.29. The van der Waals surface area contributed by atoms with Gasteiger partial charge in [-0.2, -0.15) is 0 Å². The van der Waals surface area contributed by atoms with Gasteiger partial charge in [0.15, 0.2) is 5.62 Å². The first-order chi connectivity index (χ1) is 8.03. The largest absolute Gasteiger partial charge is 0.330 e. The Morgan fingerprint density at radius 1 is 1.41 bits per heavy atom. The van der Waals surface area contributed by atoms with Crippen LogP contribution < -0.4 is 5.50 Å². The van der Waals surface area contributed by atoms with Crippen LogP contribution in [0.15, 0.2) is 30.3 Å². The summed E-state index contributed by atoms with van der Waals surface area (Å²) in [5.41, 5.74) is 5.13. The first-order valence-electron chi connectivity index (χ1n) is 5.79. The van der Waals surface area contributed by atoms with Gasteiger partial charge in [-0.05, 0) is 30.2 Å². The smallest absolute Gasteiger partial charge is 0.183 e. The zero-order chi connectivity index (χ0) is 12.7. The second-order valence-electron chi connectivity index (χ2n) is 3.93. The summed E-state index contributed by atoms with van der Waals surface area (Å²) in [6, 6.07) is 10.2. The van der Waals surface area contributed by atoms with E-state index in [1.807, 2.05) is 18.2 Å². The van der Waals surface area contributed by atoms with Gasteiger partial charge in [-0.3, -0.25) is 5.50 Å². The van der Waals surface area contributed by atoms with Crippen LogP contribution in [0, 0.1) is 0 Å². The van der Waals surface area contributed by atoms with E-state index in [4.69, 9.17) is 21.8 Å². The maximum Gasteiger partial charge on any atom is 0.183 e. The molecule has 0 amide bonds. The SMILES string of the molecule is CCC(C)SP(N)(=S)OCCc1ccccc1. The van der Waals surface area contributed by atoms with Crippen LogP contribution in [0.4, 0.5) is 0 Å². The summed E-state index contributed by atoms with van der Waals surface area (Å²) < 4.78 is 5.67. The maximum absolute atomic E-state index is 6.02. The first-order valence-corrected chi connectivity index (χ1v) is 10.1. The van der Waals surface area contributed by atoms with Crippen molar-refractivity contribution in [1.29, 1.82) is 0 Å². The van der Waals surface area contributed by atoms with Gasteiger partial charge >= 0.3 is 0 Å². The molecule has 17 heavy (non-hydrogen) atoms. The minimum absolute atomic E-state index is 0.475. The van der Waals surface area contributed by atoms with E-state index in [0.29, 0.717) is 11.9 Å². The van der Waals surface area contributed by atoms with E-state index in [0.717, 1.165) is 12.8 Å². The fourth-order valence-corrected chi connectivity index (χ4v) is 6.25. The van der Waals surface area contributed by atoms with Gasteiger partial charge in [0.25, 0.3) is 0 Å². The van der Waals surface area contributed by atoms with Gasteiger partial charge < -0.3 is 4.52 Å². The highest BCUT2D eigenvalue weighted by Gasteiger charge is 2.15. The van der Waals surface area contributed by atoms with Crippen molar-refractivity contribution in [3.8, 4) is 0 Å². The minimum Gasteiger partial charge on any atom is -0.330 e. The van der Waals surface area contributed by atoms with Crippen molar-refractivity contribution in [1.82, 2.24) is 0 Å². The summed E-state index contributed by atoms with van der Waals surface area (Å²) in [5.74, 6) is 0. The predicted molar refractivity (Wildman–Crippen MR) is 81.9 cm³/mol. The Balaban J connectivity index is 2.33. The highest BCUT2D eigenvalue weighted by atomic mass is 32.9. The minimum atomic E-state index is -2.15. The van der Waals surface area contributed by atoms with E-state index < -0.39 is 5.62 Å². The molecule has 5 heteroatoms. The van der Waals surface area contributed by atoms with Gasteiger partial charge in [0.2, 0.25) is 0 Å². The Kier molecular flexibility index (Phi) is 6.75. The van der Waals surface area contributed by atoms with Crippen LogP contribution >= 0.6 is 17.0 Å². The van der Waals surface area contributed by atoms with Crippen LogP contribution in [0.1, 0.15) is 25.8 Å². The summed E-state index contributed by atoms with van der Waals surface area (Å²) in [6.45, 7) is 4.89. The van der Waals surface area contributed by atoms with E-state index in [1.165, 1.54) is 5.56 Å². The normalized spacial score (nSPS) is 16.4. The summed E-state index contributed by atoms with van der Waals surface area (Å²) in [6.07, 6.45) is 1.94. The summed E-state index contributed by atoms with van der Waals surface area (Å²) in [7, 11) is 0. The highest BCUT2D eigenvalue weighted by molar-refractivity contribution is 8.68. The molecule has 0 aliphatic heterocycles. The predicted octanol–water partition coefficient (Wildman–Crippen LogP) is 3.96. The highest BCUT2D eigenvalue weighted by Crippen LogP contribution is 2.55. The van der Waals surface area contributed by atoms with Crippen molar-refractivity contribution >= 4 is 28.8 Å². The van der Waals surface area contributed by atoms with E-state index >= 15 is 0 Å². The molecule has 1 aromatic carbocycles. The monoisotopic (exact) mass is 289 g/mol. The van der Waals surface area contributed by atoms with Gasteiger partial charge in [0.1, 0.15) is 0 Å². The molecule has 96 valence electrons. The molecule has 0 saturated heterocycles. The average molecular weight is 289 g/mol. The summed E-state index contributed by atoms with van der Waals surface area (Å²) >= 11 is 6.95. The lowest BCUT2D eigenvalue weighted by atomic mass is 10.2. The lowest BCUT2D eigenvalue weighted by Crippen LogP contribution is -2.04. The third-order valence-corrected chi connectivity index (χ3v) is 7.30. The van der Waals surface area contributed by atoms with Crippen LogP contribution in [-0.4, -0.2) is 11.9 Å². The van der Waals surface area contributed by atoms with Crippen LogP contribution in [-0.2, 0) is 22.8 Å². The van der Waals surface area contributed by atoms with Gasteiger partial charge in [-0.1, -0.05) is 55.6 Å². The third kappa shape index (κ3) is 6.58. The molecule has 2 atom stereocenters. The van der Waals surface area contributed by atoms with E-state index in [1.54, 1.807) is 11.4 Å². The molecule has 1 aromatic rings. The lowest BCUT2D eigenvalue weighted by Gasteiger charge is -2.19. The molecule has 0 heterocycles. The Morgan fingerprint density at radius 3 is 2.65 bits per heavy atom. The van der Waals surface area contributed by atoms with Crippen LogP contribution in [0.2, 0.25) is 0 Å². The van der Waals surface area contributed by atoms with Gasteiger partial charge in [-0.15, -0.1) is 0 Å². The molecular weight excluding hydrogens is 269 g/mol. The molecule has 0 spiro atoms. The second-order valence-corrected chi connectivity index (χ2v) is 10.9. The zero-order valence-electron chi connectivity index (χ0n) is 10.3. The number of nitrogens with two attached hydrogens (primary N) is 1. The van der Waals surface area contributed by atoms with E-state index in [9.17, 15) is 0 Å². The number of hydrogen-bond acceptors (Lipinski definition) is 3. The molecule has 0 radical (unpaired) electrons. The molecule has 1 rings (SSSR count). The van der Waals surface area contributed by atoms with Crippen molar-refractivity contribution in [3.63, 3.8) is 0 Å². The summed E-state index contributed by atoms with van der Waals surface area (Å²) in [4.78, 5) is 0. The molecule has 2 N–H and O–H groups in total. The molecule has 0 bridgehead atoms. The van der Waals surface area contributed by atoms with Crippen LogP contribution in [0.3, 0.4) is 0 Å². The fraction of sp³-hybridized carbons (Fsp3) is 0.500. The lowest BCUT2D eigenvalue weighted by molar-refractivity contribution is 0.363. The Bertz CT molecular complexity index is 372. The topological polar surface area (TPSA) is 35.2 Å². The molecule has 2 nitrogen and oxygen atoms in total. The van der Waals surface area contributed by atoms with Crippen molar-refractivity contribution in [2.75, 3.05) is 6.61 Å². The average Bonchev–Trinajstić information content (AvgIpc) is 2.29. The quantitative estimate of drug-likeness (QED) is 0.771. The van der Waals surface area contributed by atoms with E-state index in [-0.39, 0.29) is 0 Å². The zero-order valence-corrected chi connectivity index (χ0v) is 12.9. The van der Waals surface area contributed by atoms with Gasteiger partial charge in [0.05, 0.1) is 6.61 Å². The van der Waals surface area contributed by atoms with Crippen molar-refractivity contribution < 1.29 is 4.52 Å². The molecule has 0 aliphatic carbocycles. The molecule has 0 aliphatic rings. The standard InChI is InChI=1S/C12H20NOPS2/c1-3-11(2)17-15(13,16)14-10-9-12-7-5-4-6-8-12/h4-8,11H,3,9-10H2,1-2H3,(H2,13,16). The molecule has 2 unspecified atom stereocenters. The van der Waals surface area contributed by atoms with Crippen molar-refractivity contribution in [3.05, 3.63) is 35.9 Å². The van der Waals surface area contributed by atoms with Crippen molar-refractivity contribution in [2.24, 2.45) is 5.50 Å². The first kappa shape index (κ1) is 15.2. The Labute approximate surface area is 113 Å². The van der Waals surface area contributed by atoms with Gasteiger partial charge in [-0.25, -0.2) is 0 Å². The Hall–Kier alpha value is 0.140. The summed E-state index contributed by atoms with van der Waals surface area (Å²) in [5, 5.41) is 0.475. The second kappa shape index (κ2) is 7.55. The number of benzene rings is 1. The molecular formula is C12H20NOPS2. The van der Waals surface area contributed by atoms with E-state index in [2.05, 4.69) is 26.0 Å². The number of rotatable bonds is 7. The molecule has 0 aromatic heterocycles. The van der Waals surface area contributed by atoms with Crippen LogP contribution in [0.5, 0.6) is 0 Å². The molecule has 0 saturated carbocycles. The third-order valence-electron chi connectivity index (χ3n) is 2.41. The number of hydrogen-bond donors (Lipinski definition) is 1. The maximum atomic E-state index is 6.02. The van der Waals surface area contributed by atoms with Gasteiger partial charge in [0, 0.05) is 5.25 Å². The Morgan fingerprint density at radius 2 is 2.06 bits per heavy atom. The van der Waals surface area contributed by atoms with Crippen LogP contribution in [0.25, 0.3) is 0 Å². The van der Waals surface area contributed by atoms with Crippen molar-refractivity contribution in [2.45, 2.75) is 31.9 Å².